The van der Waals surface area contributed by atoms with Crippen molar-refractivity contribution in [1.82, 2.24) is 9.29 Å². The van der Waals surface area contributed by atoms with Gasteiger partial charge in [-0.15, -0.1) is 0 Å². The van der Waals surface area contributed by atoms with Gasteiger partial charge in [0, 0.05) is 30.5 Å². The number of hydrogen-bond donors (Lipinski definition) is 2. The maximum atomic E-state index is 12.4. The standard InChI is InChI=1S/C14H25N3O2S/c1-4-10(2)11(3)16-20(18,19)14-7-13(8-15)17(9-14)12-5-6-12/h7,9-12,16H,4-6,8,15H2,1-3H3. The Morgan fingerprint density at radius 1 is 1.45 bits per heavy atom. The molecule has 1 heterocycles. The van der Waals surface area contributed by atoms with Gasteiger partial charge in [0.1, 0.15) is 0 Å². The van der Waals surface area contributed by atoms with E-state index in [4.69, 9.17) is 5.73 Å². The minimum absolute atomic E-state index is 0.0735. The molecule has 20 heavy (non-hydrogen) atoms. The molecule has 6 heteroatoms. The maximum Gasteiger partial charge on any atom is 0.242 e. The summed E-state index contributed by atoms with van der Waals surface area (Å²) in [6.07, 6.45) is 4.89. The van der Waals surface area contributed by atoms with Gasteiger partial charge in [-0.05, 0) is 31.7 Å². The molecule has 3 N–H and O–H groups in total. The van der Waals surface area contributed by atoms with Gasteiger partial charge in [0.2, 0.25) is 10.0 Å². The fraction of sp³-hybridized carbons (Fsp3) is 0.714. The fourth-order valence-electron chi connectivity index (χ4n) is 2.28. The second-order valence-corrected chi connectivity index (χ2v) is 7.52. The molecule has 1 aliphatic carbocycles. The zero-order chi connectivity index (χ0) is 14.9. The van der Waals surface area contributed by atoms with Gasteiger partial charge >= 0.3 is 0 Å². The van der Waals surface area contributed by atoms with E-state index >= 15 is 0 Å². The van der Waals surface area contributed by atoms with E-state index in [2.05, 4.69) is 11.6 Å². The molecule has 2 unspecified atom stereocenters. The van der Waals surface area contributed by atoms with E-state index in [1.807, 2.05) is 18.4 Å². The van der Waals surface area contributed by atoms with Crippen LogP contribution in [0.15, 0.2) is 17.2 Å². The molecule has 0 radical (unpaired) electrons. The number of rotatable bonds is 7. The van der Waals surface area contributed by atoms with Gasteiger partial charge in [0.25, 0.3) is 0 Å². The first kappa shape index (κ1) is 15.5. The number of nitrogens with zero attached hydrogens (tertiary/aromatic N) is 1. The number of sulfonamides is 1. The van der Waals surface area contributed by atoms with E-state index in [-0.39, 0.29) is 6.04 Å². The van der Waals surface area contributed by atoms with Crippen LogP contribution in [0.1, 0.15) is 51.8 Å². The maximum absolute atomic E-state index is 12.4. The van der Waals surface area contributed by atoms with Crippen molar-refractivity contribution in [2.75, 3.05) is 0 Å². The molecule has 2 atom stereocenters. The van der Waals surface area contributed by atoms with Crippen molar-refractivity contribution in [3.05, 3.63) is 18.0 Å². The van der Waals surface area contributed by atoms with Crippen LogP contribution < -0.4 is 10.5 Å². The normalized spacial score (nSPS) is 19.0. The van der Waals surface area contributed by atoms with Crippen molar-refractivity contribution in [1.29, 1.82) is 0 Å². The van der Waals surface area contributed by atoms with E-state index in [9.17, 15) is 8.42 Å². The Balaban J connectivity index is 2.21. The average molecular weight is 299 g/mol. The first-order valence-electron chi connectivity index (χ1n) is 7.32. The van der Waals surface area contributed by atoms with Crippen molar-refractivity contribution >= 4 is 10.0 Å². The van der Waals surface area contributed by atoms with Crippen LogP contribution in [0, 0.1) is 5.92 Å². The summed E-state index contributed by atoms with van der Waals surface area (Å²) >= 11 is 0. The SMILES string of the molecule is CCC(C)C(C)NS(=O)(=O)c1cc(CN)n(C2CC2)c1. The van der Waals surface area contributed by atoms with E-state index in [0.29, 0.717) is 23.4 Å². The smallest absolute Gasteiger partial charge is 0.242 e. The molecule has 2 rings (SSSR count). The van der Waals surface area contributed by atoms with Crippen LogP contribution in [0.4, 0.5) is 0 Å². The third-order valence-corrected chi connectivity index (χ3v) is 5.73. The highest BCUT2D eigenvalue weighted by Gasteiger charge is 2.28. The Kier molecular flexibility index (Phi) is 4.56. The molecular formula is C14H25N3O2S. The minimum Gasteiger partial charge on any atom is -0.346 e. The van der Waals surface area contributed by atoms with Crippen molar-refractivity contribution in [2.24, 2.45) is 11.7 Å². The molecule has 114 valence electrons. The summed E-state index contributed by atoms with van der Waals surface area (Å²) in [6.45, 7) is 6.39. The van der Waals surface area contributed by atoms with Gasteiger partial charge in [-0.2, -0.15) is 0 Å². The minimum atomic E-state index is -3.46. The van der Waals surface area contributed by atoms with Crippen LogP contribution >= 0.6 is 0 Å². The molecule has 1 aromatic heterocycles. The van der Waals surface area contributed by atoms with E-state index in [0.717, 1.165) is 25.0 Å². The van der Waals surface area contributed by atoms with Gasteiger partial charge in [-0.3, -0.25) is 0 Å². The Labute approximate surface area is 121 Å². The highest BCUT2D eigenvalue weighted by molar-refractivity contribution is 7.89. The van der Waals surface area contributed by atoms with Crippen LogP contribution in [0.25, 0.3) is 0 Å². The number of hydrogen-bond acceptors (Lipinski definition) is 3. The molecule has 0 saturated heterocycles. The summed E-state index contributed by atoms with van der Waals surface area (Å²) in [4.78, 5) is 0.333. The van der Waals surface area contributed by atoms with Crippen LogP contribution in [0.2, 0.25) is 0 Å². The highest BCUT2D eigenvalue weighted by atomic mass is 32.2. The van der Waals surface area contributed by atoms with Gasteiger partial charge in [-0.25, -0.2) is 13.1 Å². The van der Waals surface area contributed by atoms with Gasteiger partial charge < -0.3 is 10.3 Å². The summed E-state index contributed by atoms with van der Waals surface area (Å²) in [6, 6.07) is 2.06. The molecule has 0 bridgehead atoms. The number of aromatic nitrogens is 1. The first-order valence-corrected chi connectivity index (χ1v) is 8.80. The average Bonchev–Trinajstić information content (AvgIpc) is 3.15. The molecule has 0 spiro atoms. The molecule has 5 nitrogen and oxygen atoms in total. The second-order valence-electron chi connectivity index (χ2n) is 5.81. The van der Waals surface area contributed by atoms with Gasteiger partial charge in [0.15, 0.2) is 0 Å². The number of nitrogens with two attached hydrogens (primary N) is 1. The summed E-state index contributed by atoms with van der Waals surface area (Å²) < 4.78 is 29.6. The third-order valence-electron chi connectivity index (χ3n) is 4.21. The molecule has 0 aromatic carbocycles. The summed E-state index contributed by atoms with van der Waals surface area (Å²) in [5.41, 5.74) is 6.60. The van der Waals surface area contributed by atoms with E-state index < -0.39 is 10.0 Å². The lowest BCUT2D eigenvalue weighted by Crippen LogP contribution is -2.36. The number of nitrogens with one attached hydrogen (secondary N) is 1. The van der Waals surface area contributed by atoms with Crippen LogP contribution in [0.5, 0.6) is 0 Å². The molecule has 0 aliphatic heterocycles. The third kappa shape index (κ3) is 3.24. The molecule has 1 fully saturated rings. The first-order chi connectivity index (χ1) is 9.39. The van der Waals surface area contributed by atoms with Gasteiger partial charge in [-0.1, -0.05) is 20.3 Å². The van der Waals surface area contributed by atoms with Crippen LogP contribution in [-0.2, 0) is 16.6 Å². The predicted octanol–water partition coefficient (Wildman–Crippen LogP) is 1.99. The molecule has 1 aromatic rings. The quantitative estimate of drug-likeness (QED) is 0.808. The van der Waals surface area contributed by atoms with Crippen molar-refractivity contribution in [3.8, 4) is 0 Å². The van der Waals surface area contributed by atoms with Crippen LogP contribution in [0.3, 0.4) is 0 Å². The van der Waals surface area contributed by atoms with Crippen molar-refractivity contribution < 1.29 is 8.42 Å². The summed E-state index contributed by atoms with van der Waals surface area (Å²) in [5, 5.41) is 0. The summed E-state index contributed by atoms with van der Waals surface area (Å²) in [7, 11) is -3.46. The highest BCUT2D eigenvalue weighted by Crippen LogP contribution is 2.37. The Morgan fingerprint density at radius 2 is 2.10 bits per heavy atom. The van der Waals surface area contributed by atoms with Crippen LogP contribution in [-0.4, -0.2) is 19.0 Å². The van der Waals surface area contributed by atoms with E-state index in [1.54, 1.807) is 12.3 Å². The Morgan fingerprint density at radius 3 is 2.60 bits per heavy atom. The molecule has 0 amide bonds. The zero-order valence-electron chi connectivity index (χ0n) is 12.5. The Bertz CT molecular complexity index is 561. The van der Waals surface area contributed by atoms with E-state index in [1.165, 1.54) is 0 Å². The molecule has 1 aliphatic rings. The predicted molar refractivity (Wildman–Crippen MR) is 79.8 cm³/mol. The monoisotopic (exact) mass is 299 g/mol. The largest absolute Gasteiger partial charge is 0.346 e. The topological polar surface area (TPSA) is 77.1 Å². The molecule has 1 saturated carbocycles. The lowest BCUT2D eigenvalue weighted by molar-refractivity contribution is 0.434. The zero-order valence-corrected chi connectivity index (χ0v) is 13.3. The van der Waals surface area contributed by atoms with Crippen molar-refractivity contribution in [3.63, 3.8) is 0 Å². The van der Waals surface area contributed by atoms with Gasteiger partial charge in [0.05, 0.1) is 4.90 Å². The Hall–Kier alpha value is -0.850. The molecular weight excluding hydrogens is 274 g/mol. The lowest BCUT2D eigenvalue weighted by atomic mass is 10.0. The summed E-state index contributed by atoms with van der Waals surface area (Å²) in [5.74, 6) is 0.310. The lowest BCUT2D eigenvalue weighted by Gasteiger charge is -2.19. The second kappa shape index (κ2) is 5.87. The van der Waals surface area contributed by atoms with Crippen molar-refractivity contribution in [2.45, 2.75) is 63.6 Å². The fourth-order valence-corrected chi connectivity index (χ4v) is 3.68.